The van der Waals surface area contributed by atoms with E-state index in [0.717, 1.165) is 37.3 Å². The van der Waals surface area contributed by atoms with Gasteiger partial charge in [-0.15, -0.1) is 0 Å². The molecule has 1 aliphatic heterocycles. The number of aromatic amines is 1. The number of nitrogens with zero attached hydrogens (tertiary/aromatic N) is 2. The van der Waals surface area contributed by atoms with Crippen molar-refractivity contribution in [3.05, 3.63) is 69.6 Å². The molecule has 1 aliphatic rings. The number of nitrogens with one attached hydrogen (secondary N) is 2. The summed E-state index contributed by atoms with van der Waals surface area (Å²) in [6.45, 7) is 3.64. The van der Waals surface area contributed by atoms with E-state index in [9.17, 15) is 9.59 Å². The molecule has 0 bridgehead atoms. The fourth-order valence-corrected chi connectivity index (χ4v) is 3.63. The number of aromatic nitrogens is 1. The number of benzene rings is 2. The topological polar surface area (TPSA) is 68.4 Å². The van der Waals surface area contributed by atoms with Gasteiger partial charge < -0.3 is 20.1 Å². The van der Waals surface area contributed by atoms with Crippen LogP contribution in [0.3, 0.4) is 0 Å². The lowest BCUT2D eigenvalue weighted by molar-refractivity contribution is 0.102. The van der Waals surface area contributed by atoms with E-state index in [1.807, 2.05) is 24.3 Å². The van der Waals surface area contributed by atoms with Crippen molar-refractivity contribution in [1.82, 2.24) is 9.88 Å². The van der Waals surface area contributed by atoms with Crippen LogP contribution in [0, 0.1) is 0 Å². The van der Waals surface area contributed by atoms with Crippen LogP contribution >= 0.6 is 11.6 Å². The Kier molecular flexibility index (Phi) is 5.07. The molecule has 0 saturated carbocycles. The number of halogens is 1. The Morgan fingerprint density at radius 1 is 1.07 bits per heavy atom. The van der Waals surface area contributed by atoms with E-state index in [4.69, 9.17) is 11.6 Å². The van der Waals surface area contributed by atoms with Gasteiger partial charge in [0.1, 0.15) is 5.69 Å². The van der Waals surface area contributed by atoms with E-state index in [2.05, 4.69) is 27.1 Å². The molecule has 1 amide bonds. The van der Waals surface area contributed by atoms with E-state index in [1.54, 1.807) is 24.3 Å². The number of H-pyrrole nitrogens is 1. The number of hydrogen-bond acceptors (Lipinski definition) is 4. The predicted octanol–water partition coefficient (Wildman–Crippen LogP) is 3.19. The van der Waals surface area contributed by atoms with Gasteiger partial charge in [0.2, 0.25) is 0 Å². The number of rotatable bonds is 3. The second-order valence-electron chi connectivity index (χ2n) is 7.01. The van der Waals surface area contributed by atoms with Crippen molar-refractivity contribution in [2.45, 2.75) is 0 Å². The van der Waals surface area contributed by atoms with Crippen LogP contribution in [-0.4, -0.2) is 49.0 Å². The monoisotopic (exact) mass is 396 g/mol. The number of anilines is 2. The number of likely N-dealkylation sites (N-methyl/N-ethyl adjacent to an activating group) is 1. The zero-order chi connectivity index (χ0) is 19.7. The van der Waals surface area contributed by atoms with Crippen LogP contribution in [0.5, 0.6) is 0 Å². The highest BCUT2D eigenvalue weighted by atomic mass is 35.5. The maximum absolute atomic E-state index is 12.9. The zero-order valence-corrected chi connectivity index (χ0v) is 16.3. The van der Waals surface area contributed by atoms with Crippen molar-refractivity contribution < 1.29 is 4.79 Å². The first-order chi connectivity index (χ1) is 13.5. The molecule has 2 aromatic carbocycles. The summed E-state index contributed by atoms with van der Waals surface area (Å²) < 4.78 is 0. The second-order valence-corrected chi connectivity index (χ2v) is 7.44. The number of piperazine rings is 1. The molecule has 0 aliphatic carbocycles. The highest BCUT2D eigenvalue weighted by Crippen LogP contribution is 2.30. The van der Waals surface area contributed by atoms with Gasteiger partial charge in [0, 0.05) is 36.6 Å². The molecule has 1 aromatic heterocycles. The molecule has 1 saturated heterocycles. The van der Waals surface area contributed by atoms with Crippen molar-refractivity contribution in [3.63, 3.8) is 0 Å². The largest absolute Gasteiger partial charge is 0.367 e. The SMILES string of the molecule is CN1CCN(c2ccc(Cl)cc2NC(=O)c2cc3ccccc3c(=O)[nH]2)CC1. The number of fused-ring (bicyclic) bond motifs is 1. The average molecular weight is 397 g/mol. The van der Waals surface area contributed by atoms with Gasteiger partial charge in [-0.25, -0.2) is 0 Å². The smallest absolute Gasteiger partial charge is 0.272 e. The fraction of sp³-hybridized carbons (Fsp3) is 0.238. The van der Waals surface area contributed by atoms with Crippen LogP contribution < -0.4 is 15.8 Å². The van der Waals surface area contributed by atoms with E-state index in [-0.39, 0.29) is 17.2 Å². The summed E-state index contributed by atoms with van der Waals surface area (Å²) in [5.41, 5.74) is 1.49. The second kappa shape index (κ2) is 7.66. The molecule has 3 aromatic rings. The summed E-state index contributed by atoms with van der Waals surface area (Å²) >= 11 is 6.18. The molecule has 2 N–H and O–H groups in total. The summed E-state index contributed by atoms with van der Waals surface area (Å²) in [6, 6.07) is 14.4. The van der Waals surface area contributed by atoms with Gasteiger partial charge >= 0.3 is 0 Å². The average Bonchev–Trinajstić information content (AvgIpc) is 2.69. The van der Waals surface area contributed by atoms with Crippen molar-refractivity contribution >= 4 is 39.7 Å². The Balaban J connectivity index is 1.64. The van der Waals surface area contributed by atoms with Crippen molar-refractivity contribution in [2.24, 2.45) is 0 Å². The van der Waals surface area contributed by atoms with Gasteiger partial charge in [0.05, 0.1) is 11.4 Å². The normalized spacial score (nSPS) is 15.0. The molecular formula is C21H21ClN4O2. The standard InChI is InChI=1S/C21H21ClN4O2/c1-25-8-10-26(11-9-25)19-7-6-15(22)13-17(19)23-21(28)18-12-14-4-2-3-5-16(14)20(27)24-18/h2-7,12-13H,8-11H2,1H3,(H,23,28)(H,24,27). The molecule has 0 radical (unpaired) electrons. The van der Waals surface area contributed by atoms with Crippen LogP contribution in [0.15, 0.2) is 53.3 Å². The number of carbonyl (C=O) groups is 1. The molecule has 0 unspecified atom stereocenters. The van der Waals surface area contributed by atoms with E-state index in [1.165, 1.54) is 0 Å². The lowest BCUT2D eigenvalue weighted by atomic mass is 10.1. The first-order valence-corrected chi connectivity index (χ1v) is 9.55. The van der Waals surface area contributed by atoms with Gasteiger partial charge in [-0.2, -0.15) is 0 Å². The molecule has 0 spiro atoms. The number of pyridine rings is 1. The summed E-state index contributed by atoms with van der Waals surface area (Å²) in [6.07, 6.45) is 0. The highest BCUT2D eigenvalue weighted by molar-refractivity contribution is 6.31. The molecule has 144 valence electrons. The summed E-state index contributed by atoms with van der Waals surface area (Å²) in [4.78, 5) is 32.3. The zero-order valence-electron chi connectivity index (χ0n) is 15.5. The molecule has 2 heterocycles. The lowest BCUT2D eigenvalue weighted by Gasteiger charge is -2.35. The van der Waals surface area contributed by atoms with E-state index < -0.39 is 0 Å². The summed E-state index contributed by atoms with van der Waals surface area (Å²) in [5.74, 6) is -0.375. The molecule has 1 fully saturated rings. The van der Waals surface area contributed by atoms with Gasteiger partial charge in [-0.3, -0.25) is 9.59 Å². The molecule has 28 heavy (non-hydrogen) atoms. The van der Waals surface area contributed by atoms with Gasteiger partial charge in [0.15, 0.2) is 0 Å². The third-order valence-corrected chi connectivity index (χ3v) is 5.28. The minimum absolute atomic E-state index is 0.216. The molecule has 0 atom stereocenters. The summed E-state index contributed by atoms with van der Waals surface area (Å²) in [5, 5.41) is 4.74. The minimum Gasteiger partial charge on any atom is -0.367 e. The Hall–Kier alpha value is -2.83. The van der Waals surface area contributed by atoms with E-state index >= 15 is 0 Å². The Morgan fingerprint density at radius 2 is 1.82 bits per heavy atom. The van der Waals surface area contributed by atoms with Crippen molar-refractivity contribution in [1.29, 1.82) is 0 Å². The van der Waals surface area contributed by atoms with Crippen LogP contribution in [0.4, 0.5) is 11.4 Å². The number of amides is 1. The number of hydrogen-bond donors (Lipinski definition) is 2. The van der Waals surface area contributed by atoms with Crippen LogP contribution in [0.25, 0.3) is 10.8 Å². The van der Waals surface area contributed by atoms with Gasteiger partial charge in [-0.05, 0) is 42.8 Å². The predicted molar refractivity (Wildman–Crippen MR) is 114 cm³/mol. The summed E-state index contributed by atoms with van der Waals surface area (Å²) in [7, 11) is 2.10. The van der Waals surface area contributed by atoms with Crippen LogP contribution in [0.1, 0.15) is 10.5 Å². The lowest BCUT2D eigenvalue weighted by Crippen LogP contribution is -2.44. The maximum atomic E-state index is 12.9. The Morgan fingerprint density at radius 3 is 2.61 bits per heavy atom. The highest BCUT2D eigenvalue weighted by Gasteiger charge is 2.19. The minimum atomic E-state index is -0.375. The van der Waals surface area contributed by atoms with Crippen LogP contribution in [0.2, 0.25) is 5.02 Å². The van der Waals surface area contributed by atoms with Crippen molar-refractivity contribution in [2.75, 3.05) is 43.4 Å². The Labute approximate surface area is 167 Å². The fourth-order valence-electron chi connectivity index (χ4n) is 3.45. The van der Waals surface area contributed by atoms with Crippen molar-refractivity contribution in [3.8, 4) is 0 Å². The molecular weight excluding hydrogens is 376 g/mol. The molecule has 4 rings (SSSR count). The number of carbonyl (C=O) groups excluding carboxylic acids is 1. The maximum Gasteiger partial charge on any atom is 0.272 e. The van der Waals surface area contributed by atoms with Crippen LogP contribution in [-0.2, 0) is 0 Å². The third-order valence-electron chi connectivity index (χ3n) is 5.05. The Bertz CT molecular complexity index is 1090. The molecule has 6 nitrogen and oxygen atoms in total. The van der Waals surface area contributed by atoms with E-state index in [0.29, 0.717) is 16.1 Å². The van der Waals surface area contributed by atoms with Gasteiger partial charge in [0.25, 0.3) is 11.5 Å². The molecule has 7 heteroatoms. The first kappa shape index (κ1) is 18.5. The quantitative estimate of drug-likeness (QED) is 0.713. The first-order valence-electron chi connectivity index (χ1n) is 9.18. The third kappa shape index (κ3) is 3.74. The van der Waals surface area contributed by atoms with Gasteiger partial charge in [-0.1, -0.05) is 29.8 Å².